The first-order valence-corrected chi connectivity index (χ1v) is 7.97. The van der Waals surface area contributed by atoms with Gasteiger partial charge in [-0.25, -0.2) is 5.43 Å². The molecule has 0 aromatic heterocycles. The standard InChI is InChI=1S/C15H9BrCl2N2O3/c16-11-5-14-13(22-7-23-14)3-8(11)6-19-20-15(21)10-2-1-9(17)4-12(10)18/h1-6H,7H2,(H,20,21)/b19-6-. The van der Waals surface area contributed by atoms with Gasteiger partial charge in [0.1, 0.15) is 0 Å². The molecule has 0 fully saturated rings. The van der Waals surface area contributed by atoms with Crippen LogP contribution in [0.25, 0.3) is 0 Å². The maximum absolute atomic E-state index is 12.0. The van der Waals surface area contributed by atoms with E-state index in [1.54, 1.807) is 18.2 Å². The van der Waals surface area contributed by atoms with E-state index in [9.17, 15) is 4.79 Å². The van der Waals surface area contributed by atoms with Crippen molar-refractivity contribution < 1.29 is 14.3 Å². The van der Waals surface area contributed by atoms with Gasteiger partial charge in [-0.15, -0.1) is 0 Å². The second-order valence-electron chi connectivity index (χ2n) is 4.55. The summed E-state index contributed by atoms with van der Waals surface area (Å²) >= 11 is 15.2. The largest absolute Gasteiger partial charge is 0.454 e. The summed E-state index contributed by atoms with van der Waals surface area (Å²) in [6.07, 6.45) is 1.49. The molecule has 23 heavy (non-hydrogen) atoms. The highest BCUT2D eigenvalue weighted by atomic mass is 79.9. The van der Waals surface area contributed by atoms with Gasteiger partial charge < -0.3 is 9.47 Å². The molecule has 1 aliphatic heterocycles. The molecule has 0 saturated heterocycles. The Bertz CT molecular complexity index is 812. The van der Waals surface area contributed by atoms with Gasteiger partial charge in [0.05, 0.1) is 16.8 Å². The molecular weight excluding hydrogens is 407 g/mol. The lowest BCUT2D eigenvalue weighted by atomic mass is 10.2. The van der Waals surface area contributed by atoms with E-state index in [4.69, 9.17) is 32.7 Å². The zero-order valence-corrected chi connectivity index (χ0v) is 14.6. The average molecular weight is 416 g/mol. The summed E-state index contributed by atoms with van der Waals surface area (Å²) in [5.74, 6) is 0.854. The van der Waals surface area contributed by atoms with Crippen LogP contribution in [0.2, 0.25) is 10.0 Å². The van der Waals surface area contributed by atoms with Gasteiger partial charge in [0.25, 0.3) is 5.91 Å². The van der Waals surface area contributed by atoms with Gasteiger partial charge in [-0.05, 0) is 46.3 Å². The summed E-state index contributed by atoms with van der Waals surface area (Å²) in [7, 11) is 0. The molecule has 1 aliphatic rings. The average Bonchev–Trinajstić information content (AvgIpc) is 2.94. The van der Waals surface area contributed by atoms with Crippen LogP contribution in [0.4, 0.5) is 0 Å². The number of ether oxygens (including phenoxy) is 2. The van der Waals surface area contributed by atoms with Gasteiger partial charge in [0, 0.05) is 15.1 Å². The number of amides is 1. The Kier molecular flexibility index (Phi) is 4.75. The lowest BCUT2D eigenvalue weighted by molar-refractivity contribution is 0.0955. The number of rotatable bonds is 3. The van der Waals surface area contributed by atoms with Crippen molar-refractivity contribution >= 4 is 51.3 Å². The molecule has 2 aromatic carbocycles. The zero-order chi connectivity index (χ0) is 16.4. The van der Waals surface area contributed by atoms with Crippen molar-refractivity contribution in [1.29, 1.82) is 0 Å². The molecule has 0 saturated carbocycles. The number of carbonyl (C=O) groups excluding carboxylic acids is 1. The Balaban J connectivity index is 1.73. The smallest absolute Gasteiger partial charge is 0.272 e. The van der Waals surface area contributed by atoms with Crippen molar-refractivity contribution in [1.82, 2.24) is 5.43 Å². The van der Waals surface area contributed by atoms with E-state index in [0.29, 0.717) is 16.5 Å². The second kappa shape index (κ2) is 6.78. The number of hydrogen-bond donors (Lipinski definition) is 1. The van der Waals surface area contributed by atoms with Crippen molar-refractivity contribution in [3.8, 4) is 11.5 Å². The van der Waals surface area contributed by atoms with Gasteiger partial charge in [-0.1, -0.05) is 23.2 Å². The summed E-state index contributed by atoms with van der Waals surface area (Å²) in [5.41, 5.74) is 3.44. The molecule has 0 atom stereocenters. The normalized spacial score (nSPS) is 12.7. The quantitative estimate of drug-likeness (QED) is 0.602. The number of fused-ring (bicyclic) bond motifs is 1. The van der Waals surface area contributed by atoms with E-state index < -0.39 is 5.91 Å². The van der Waals surface area contributed by atoms with Crippen molar-refractivity contribution in [2.45, 2.75) is 0 Å². The molecule has 1 N–H and O–H groups in total. The van der Waals surface area contributed by atoms with Crippen LogP contribution in [-0.2, 0) is 0 Å². The number of hydrazone groups is 1. The highest BCUT2D eigenvalue weighted by molar-refractivity contribution is 9.10. The summed E-state index contributed by atoms with van der Waals surface area (Å²) in [5, 5.41) is 4.64. The molecule has 5 nitrogen and oxygen atoms in total. The fraction of sp³-hybridized carbons (Fsp3) is 0.0667. The molecule has 8 heteroatoms. The maximum atomic E-state index is 12.0. The summed E-state index contributed by atoms with van der Waals surface area (Å²) in [4.78, 5) is 12.0. The van der Waals surface area contributed by atoms with Crippen molar-refractivity contribution in [2.75, 3.05) is 6.79 Å². The second-order valence-corrected chi connectivity index (χ2v) is 6.25. The first-order chi connectivity index (χ1) is 11.0. The van der Waals surface area contributed by atoms with Crippen LogP contribution in [0.1, 0.15) is 15.9 Å². The summed E-state index contributed by atoms with van der Waals surface area (Å²) < 4.78 is 11.3. The molecule has 118 valence electrons. The molecule has 0 unspecified atom stereocenters. The van der Waals surface area contributed by atoms with Gasteiger partial charge in [-0.2, -0.15) is 5.10 Å². The third kappa shape index (κ3) is 3.60. The molecular formula is C15H9BrCl2N2O3. The van der Waals surface area contributed by atoms with Crippen molar-refractivity contribution in [3.63, 3.8) is 0 Å². The SMILES string of the molecule is O=C(N/N=C\c1cc2c(cc1Br)OCO2)c1ccc(Cl)cc1Cl. The van der Waals surface area contributed by atoms with Crippen LogP contribution in [0, 0.1) is 0 Å². The molecule has 0 aliphatic carbocycles. The topological polar surface area (TPSA) is 59.9 Å². The Morgan fingerprint density at radius 1 is 1.22 bits per heavy atom. The van der Waals surface area contributed by atoms with Gasteiger partial charge in [0.15, 0.2) is 11.5 Å². The zero-order valence-electron chi connectivity index (χ0n) is 11.5. The van der Waals surface area contributed by atoms with Crippen LogP contribution in [0.15, 0.2) is 39.9 Å². The first-order valence-electron chi connectivity index (χ1n) is 6.42. The Labute approximate surface area is 150 Å². The molecule has 0 bridgehead atoms. The van der Waals surface area contributed by atoms with E-state index in [1.165, 1.54) is 18.3 Å². The van der Waals surface area contributed by atoms with Crippen molar-refractivity contribution in [2.24, 2.45) is 5.10 Å². The van der Waals surface area contributed by atoms with E-state index in [2.05, 4.69) is 26.5 Å². The molecule has 0 spiro atoms. The Morgan fingerprint density at radius 3 is 2.70 bits per heavy atom. The number of halogens is 3. The number of benzene rings is 2. The fourth-order valence-electron chi connectivity index (χ4n) is 1.93. The van der Waals surface area contributed by atoms with Crippen LogP contribution in [0.3, 0.4) is 0 Å². The van der Waals surface area contributed by atoms with Gasteiger partial charge in [0.2, 0.25) is 6.79 Å². The molecule has 1 heterocycles. The monoisotopic (exact) mass is 414 g/mol. The van der Waals surface area contributed by atoms with Crippen LogP contribution < -0.4 is 14.9 Å². The number of nitrogens with one attached hydrogen (secondary N) is 1. The lowest BCUT2D eigenvalue weighted by Crippen LogP contribution is -2.18. The molecule has 2 aromatic rings. The summed E-state index contributed by atoms with van der Waals surface area (Å²) in [6.45, 7) is 0.189. The number of nitrogens with zero attached hydrogens (tertiary/aromatic N) is 1. The van der Waals surface area contributed by atoms with Crippen LogP contribution >= 0.6 is 39.1 Å². The Hall–Kier alpha value is -1.76. The van der Waals surface area contributed by atoms with Gasteiger partial charge >= 0.3 is 0 Å². The van der Waals surface area contributed by atoms with E-state index >= 15 is 0 Å². The fourth-order valence-corrected chi connectivity index (χ4v) is 2.85. The predicted octanol–water partition coefficient (Wildman–Crippen LogP) is 4.25. The highest BCUT2D eigenvalue weighted by Crippen LogP contribution is 2.36. The minimum atomic E-state index is -0.431. The van der Waals surface area contributed by atoms with Crippen molar-refractivity contribution in [3.05, 3.63) is 56.0 Å². The minimum Gasteiger partial charge on any atom is -0.454 e. The maximum Gasteiger partial charge on any atom is 0.272 e. The van der Waals surface area contributed by atoms with Crippen LogP contribution in [-0.4, -0.2) is 18.9 Å². The van der Waals surface area contributed by atoms with E-state index in [0.717, 1.165) is 10.0 Å². The van der Waals surface area contributed by atoms with Crippen LogP contribution in [0.5, 0.6) is 11.5 Å². The molecule has 3 rings (SSSR count). The van der Waals surface area contributed by atoms with E-state index in [-0.39, 0.29) is 17.4 Å². The number of hydrogen-bond acceptors (Lipinski definition) is 4. The first kappa shape index (κ1) is 16.1. The van der Waals surface area contributed by atoms with Gasteiger partial charge in [-0.3, -0.25) is 4.79 Å². The lowest BCUT2D eigenvalue weighted by Gasteiger charge is -2.04. The highest BCUT2D eigenvalue weighted by Gasteiger charge is 2.15. The Morgan fingerprint density at radius 2 is 1.96 bits per heavy atom. The molecule has 0 radical (unpaired) electrons. The minimum absolute atomic E-state index is 0.189. The van der Waals surface area contributed by atoms with E-state index in [1.807, 2.05) is 0 Å². The third-order valence-electron chi connectivity index (χ3n) is 3.04. The third-order valence-corrected chi connectivity index (χ3v) is 4.27. The number of carbonyl (C=O) groups is 1. The summed E-state index contributed by atoms with van der Waals surface area (Å²) in [6, 6.07) is 8.15. The molecule has 1 amide bonds. The predicted molar refractivity (Wildman–Crippen MR) is 91.8 cm³/mol.